The van der Waals surface area contributed by atoms with Crippen LogP contribution in [0.2, 0.25) is 0 Å². The van der Waals surface area contributed by atoms with Gasteiger partial charge in [0.05, 0.1) is 31.4 Å². The van der Waals surface area contributed by atoms with Crippen LogP contribution in [0.4, 0.5) is 0 Å². The van der Waals surface area contributed by atoms with E-state index in [4.69, 9.17) is 9.84 Å². The molecule has 0 aromatic heterocycles. The Kier molecular flexibility index (Phi) is 7.31. The Labute approximate surface area is 131 Å². The van der Waals surface area contributed by atoms with Gasteiger partial charge >= 0.3 is 0 Å². The molecule has 1 heterocycles. The molecule has 1 fully saturated rings. The summed E-state index contributed by atoms with van der Waals surface area (Å²) >= 11 is 0. The minimum atomic E-state index is -0.403. The Morgan fingerprint density at radius 3 is 2.68 bits per heavy atom. The molecule has 0 aliphatic carbocycles. The van der Waals surface area contributed by atoms with Crippen molar-refractivity contribution in [3.05, 3.63) is 29.3 Å². The first-order valence-electron chi connectivity index (χ1n) is 7.34. The van der Waals surface area contributed by atoms with Crippen LogP contribution in [-0.2, 0) is 15.1 Å². The van der Waals surface area contributed by atoms with Gasteiger partial charge in [-0.3, -0.25) is 4.79 Å². The van der Waals surface area contributed by atoms with Gasteiger partial charge in [0, 0.05) is 6.54 Å². The molecule has 1 aliphatic heterocycles. The first-order chi connectivity index (χ1) is 10.4. The highest BCUT2D eigenvalue weighted by molar-refractivity contribution is 5.50. The van der Waals surface area contributed by atoms with Gasteiger partial charge in [0.15, 0.2) is 0 Å². The monoisotopic (exact) mass is 310 g/mol. The van der Waals surface area contributed by atoms with E-state index in [9.17, 15) is 9.90 Å². The van der Waals surface area contributed by atoms with Crippen molar-refractivity contribution in [2.24, 2.45) is 0 Å². The smallest absolute Gasteiger partial charge is 0.207 e. The molecule has 2 rings (SSSR count). The molecule has 1 aliphatic rings. The summed E-state index contributed by atoms with van der Waals surface area (Å²) < 4.78 is 5.05. The lowest BCUT2D eigenvalue weighted by molar-refractivity contribution is -0.111. The Bertz CT molecular complexity index is 471. The number of aliphatic hydroxyl groups is 1. The highest BCUT2D eigenvalue weighted by atomic mass is 16.5. The molecule has 1 atom stereocenters. The van der Waals surface area contributed by atoms with E-state index < -0.39 is 5.54 Å². The number of carbonyl (C=O) groups is 1. The summed E-state index contributed by atoms with van der Waals surface area (Å²) in [4.78, 5) is 10.4. The summed E-state index contributed by atoms with van der Waals surface area (Å²) in [5.41, 5.74) is 1.56. The van der Waals surface area contributed by atoms with E-state index in [2.05, 4.69) is 10.6 Å². The third-order valence-corrected chi connectivity index (χ3v) is 3.52. The summed E-state index contributed by atoms with van der Waals surface area (Å²) in [5, 5.41) is 23.6. The number of ether oxygens (including phenoxy) is 1. The molecular weight excluding hydrogens is 284 g/mol. The van der Waals surface area contributed by atoms with Crippen molar-refractivity contribution in [2.75, 3.05) is 26.4 Å². The van der Waals surface area contributed by atoms with Gasteiger partial charge in [0.25, 0.3) is 0 Å². The summed E-state index contributed by atoms with van der Waals surface area (Å²) in [5.74, 6) is 0.244. The molecule has 6 nitrogen and oxygen atoms in total. The van der Waals surface area contributed by atoms with Crippen molar-refractivity contribution >= 4 is 6.41 Å². The summed E-state index contributed by atoms with van der Waals surface area (Å²) in [6.07, 6.45) is 0.687. The van der Waals surface area contributed by atoms with Gasteiger partial charge in [-0.05, 0) is 44.0 Å². The number of morpholine rings is 1. The minimum absolute atomic E-state index is 0.170. The summed E-state index contributed by atoms with van der Waals surface area (Å²) in [7, 11) is 0. The largest absolute Gasteiger partial charge is 0.508 e. The van der Waals surface area contributed by atoms with E-state index in [1.807, 2.05) is 26.8 Å². The first-order valence-corrected chi connectivity index (χ1v) is 7.34. The minimum Gasteiger partial charge on any atom is -0.508 e. The zero-order valence-corrected chi connectivity index (χ0v) is 13.4. The van der Waals surface area contributed by atoms with Gasteiger partial charge in [-0.25, -0.2) is 0 Å². The standard InChI is InChI=1S/C11H15NO2.C5H11NO2/c1-8-6-9(14)4-5-10(8)11(2,3)12-7-13;7-3-5-4-8-2-1-6-5/h4-7,14H,1-3H3,(H,12,13);5-7H,1-4H2/t;5-/m.1/s1. The van der Waals surface area contributed by atoms with Crippen molar-refractivity contribution < 1.29 is 19.7 Å². The lowest BCUT2D eigenvalue weighted by Crippen LogP contribution is -2.43. The van der Waals surface area contributed by atoms with Crippen LogP contribution in [-0.4, -0.2) is 49.0 Å². The summed E-state index contributed by atoms with van der Waals surface area (Å²) in [6.45, 7) is 8.21. The SMILES string of the molecule is Cc1cc(O)ccc1C(C)(C)NC=O.OC[C@@H]1COCCN1. The van der Waals surface area contributed by atoms with Gasteiger partial charge in [0.1, 0.15) is 5.75 Å². The number of hydrogen-bond donors (Lipinski definition) is 4. The van der Waals surface area contributed by atoms with Crippen molar-refractivity contribution in [1.29, 1.82) is 0 Å². The molecule has 1 aromatic carbocycles. The van der Waals surface area contributed by atoms with Crippen LogP contribution in [0.3, 0.4) is 0 Å². The Morgan fingerprint density at radius 2 is 2.23 bits per heavy atom. The second-order valence-electron chi connectivity index (χ2n) is 5.79. The van der Waals surface area contributed by atoms with Gasteiger partial charge in [-0.1, -0.05) is 6.07 Å². The first kappa shape index (κ1) is 18.4. The highest BCUT2D eigenvalue weighted by Crippen LogP contribution is 2.25. The van der Waals surface area contributed by atoms with Gasteiger partial charge in [-0.2, -0.15) is 0 Å². The van der Waals surface area contributed by atoms with E-state index in [1.165, 1.54) is 0 Å². The number of carbonyl (C=O) groups excluding carboxylic acids is 1. The van der Waals surface area contributed by atoms with E-state index in [-0.39, 0.29) is 18.4 Å². The average Bonchev–Trinajstić information content (AvgIpc) is 2.48. The predicted octanol–water partition coefficient (Wildman–Crippen LogP) is 0.649. The third kappa shape index (κ3) is 5.63. The number of amides is 1. The Balaban J connectivity index is 0.000000255. The zero-order valence-electron chi connectivity index (χ0n) is 13.4. The second kappa shape index (κ2) is 8.73. The number of nitrogens with one attached hydrogen (secondary N) is 2. The molecule has 6 heteroatoms. The van der Waals surface area contributed by atoms with E-state index in [0.29, 0.717) is 13.0 Å². The van der Waals surface area contributed by atoms with Gasteiger partial charge in [-0.15, -0.1) is 0 Å². The second-order valence-corrected chi connectivity index (χ2v) is 5.79. The normalized spacial score (nSPS) is 18.1. The van der Waals surface area contributed by atoms with Crippen LogP contribution in [0.25, 0.3) is 0 Å². The van der Waals surface area contributed by atoms with Crippen LogP contribution in [0.5, 0.6) is 5.75 Å². The van der Waals surface area contributed by atoms with Crippen LogP contribution >= 0.6 is 0 Å². The molecule has 22 heavy (non-hydrogen) atoms. The van der Waals surface area contributed by atoms with Crippen molar-refractivity contribution in [3.8, 4) is 5.75 Å². The van der Waals surface area contributed by atoms with Crippen LogP contribution in [0.1, 0.15) is 25.0 Å². The van der Waals surface area contributed by atoms with Crippen molar-refractivity contribution in [1.82, 2.24) is 10.6 Å². The number of rotatable bonds is 4. The van der Waals surface area contributed by atoms with Crippen LogP contribution in [0, 0.1) is 6.92 Å². The van der Waals surface area contributed by atoms with E-state index >= 15 is 0 Å². The number of aromatic hydroxyl groups is 1. The molecule has 0 unspecified atom stereocenters. The van der Waals surface area contributed by atoms with E-state index in [0.717, 1.165) is 24.3 Å². The Morgan fingerprint density at radius 1 is 1.50 bits per heavy atom. The Hall–Kier alpha value is -1.63. The maximum Gasteiger partial charge on any atom is 0.207 e. The molecule has 0 radical (unpaired) electrons. The fraction of sp³-hybridized carbons (Fsp3) is 0.562. The maximum absolute atomic E-state index is 10.4. The van der Waals surface area contributed by atoms with Gasteiger partial charge in [0.2, 0.25) is 6.41 Å². The molecule has 1 amide bonds. The molecular formula is C16H26N2O4. The van der Waals surface area contributed by atoms with Gasteiger partial charge < -0.3 is 25.6 Å². The zero-order chi connectivity index (χ0) is 16.6. The van der Waals surface area contributed by atoms with Crippen LogP contribution < -0.4 is 10.6 Å². The quantitative estimate of drug-likeness (QED) is 0.613. The highest BCUT2D eigenvalue weighted by Gasteiger charge is 2.21. The van der Waals surface area contributed by atoms with E-state index in [1.54, 1.807) is 12.1 Å². The lowest BCUT2D eigenvalue weighted by Gasteiger charge is -2.26. The van der Waals surface area contributed by atoms with Crippen molar-refractivity contribution in [3.63, 3.8) is 0 Å². The van der Waals surface area contributed by atoms with Crippen LogP contribution in [0.15, 0.2) is 18.2 Å². The fourth-order valence-corrected chi connectivity index (χ4v) is 2.31. The lowest BCUT2D eigenvalue weighted by atomic mass is 9.90. The number of hydrogen-bond acceptors (Lipinski definition) is 5. The third-order valence-electron chi connectivity index (χ3n) is 3.52. The maximum atomic E-state index is 10.4. The average molecular weight is 310 g/mol. The molecule has 1 aromatic rings. The number of phenolic OH excluding ortho intramolecular Hbond substituents is 1. The topological polar surface area (TPSA) is 90.8 Å². The number of benzene rings is 1. The molecule has 1 saturated heterocycles. The fourth-order valence-electron chi connectivity index (χ4n) is 2.31. The number of phenols is 1. The molecule has 0 saturated carbocycles. The molecule has 124 valence electrons. The number of aryl methyl sites for hydroxylation is 1. The molecule has 0 spiro atoms. The predicted molar refractivity (Wildman–Crippen MR) is 84.8 cm³/mol. The molecule has 4 N–H and O–H groups in total. The number of aliphatic hydroxyl groups excluding tert-OH is 1. The summed E-state index contributed by atoms with van der Waals surface area (Å²) in [6, 6.07) is 5.30. The van der Waals surface area contributed by atoms with Crippen molar-refractivity contribution in [2.45, 2.75) is 32.4 Å². The molecule has 0 bridgehead atoms.